The number of H-pyrrole nitrogens is 1. The summed E-state index contributed by atoms with van der Waals surface area (Å²) in [5, 5.41) is 1.15. The molecule has 1 aromatic carbocycles. The summed E-state index contributed by atoms with van der Waals surface area (Å²) in [5.74, 6) is 1.80. The molecule has 0 aliphatic carbocycles. The van der Waals surface area contributed by atoms with Crippen LogP contribution in [-0.2, 0) is 9.53 Å². The molecule has 2 aliphatic rings. The van der Waals surface area contributed by atoms with Gasteiger partial charge in [-0.25, -0.2) is 4.79 Å². The molecule has 2 fully saturated rings. The molecule has 3 heterocycles. The fourth-order valence-corrected chi connectivity index (χ4v) is 5.00. The van der Waals surface area contributed by atoms with Gasteiger partial charge in [0.2, 0.25) is 5.91 Å². The molecule has 2 saturated heterocycles. The van der Waals surface area contributed by atoms with Gasteiger partial charge in [-0.15, -0.1) is 11.8 Å². The second-order valence-electron chi connectivity index (χ2n) is 8.51. The third-order valence-electron chi connectivity index (χ3n) is 5.34. The van der Waals surface area contributed by atoms with Crippen molar-refractivity contribution in [2.45, 2.75) is 44.8 Å². The van der Waals surface area contributed by atoms with Crippen LogP contribution in [0.4, 0.5) is 4.79 Å². The van der Waals surface area contributed by atoms with Crippen LogP contribution in [0.1, 0.15) is 38.7 Å². The Morgan fingerprint density at radius 3 is 2.75 bits per heavy atom. The number of benzene rings is 1. The van der Waals surface area contributed by atoms with E-state index in [1.165, 1.54) is 0 Å². The third kappa shape index (κ3) is 3.72. The van der Waals surface area contributed by atoms with Crippen LogP contribution >= 0.6 is 11.8 Å². The highest BCUT2D eigenvalue weighted by atomic mass is 32.2. The number of aromatic nitrogens is 1. The summed E-state index contributed by atoms with van der Waals surface area (Å²) in [6, 6.07) is 7.69. The van der Waals surface area contributed by atoms with Gasteiger partial charge in [-0.05, 0) is 38.8 Å². The minimum Gasteiger partial charge on any atom is -0.444 e. The lowest BCUT2D eigenvalue weighted by molar-refractivity contribution is -0.134. The maximum atomic E-state index is 13.2. The smallest absolute Gasteiger partial charge is 0.410 e. The number of thioether (sulfide) groups is 1. The minimum absolute atomic E-state index is 0.0400. The maximum absolute atomic E-state index is 13.2. The summed E-state index contributed by atoms with van der Waals surface area (Å²) in [6.45, 7) is 6.80. The van der Waals surface area contributed by atoms with Gasteiger partial charge < -0.3 is 14.6 Å². The number of nitrogens with one attached hydrogen (secondary N) is 1. The third-order valence-corrected chi connectivity index (χ3v) is 6.31. The molecule has 7 heteroatoms. The van der Waals surface area contributed by atoms with Gasteiger partial charge in [0.25, 0.3) is 0 Å². The van der Waals surface area contributed by atoms with Crippen molar-refractivity contribution in [3.8, 4) is 0 Å². The van der Waals surface area contributed by atoms with E-state index in [1.54, 1.807) is 16.7 Å². The van der Waals surface area contributed by atoms with Crippen LogP contribution in [-0.4, -0.2) is 63.1 Å². The van der Waals surface area contributed by atoms with Crippen LogP contribution in [0.25, 0.3) is 10.9 Å². The number of nitrogens with zero attached hydrogens (tertiary/aromatic N) is 2. The van der Waals surface area contributed by atoms with Gasteiger partial charge in [-0.2, -0.15) is 0 Å². The largest absolute Gasteiger partial charge is 0.444 e. The minimum atomic E-state index is -0.590. The van der Waals surface area contributed by atoms with Gasteiger partial charge in [0.15, 0.2) is 0 Å². The summed E-state index contributed by atoms with van der Waals surface area (Å²) >= 11 is 1.75. The van der Waals surface area contributed by atoms with E-state index >= 15 is 0 Å². The van der Waals surface area contributed by atoms with Gasteiger partial charge in [-0.1, -0.05) is 18.2 Å². The predicted octanol–water partition coefficient (Wildman–Crippen LogP) is 3.79. The first-order chi connectivity index (χ1) is 13.3. The molecule has 0 bridgehead atoms. The molecule has 0 radical (unpaired) electrons. The Kier molecular flexibility index (Phi) is 5.04. The molecule has 0 spiro atoms. The summed E-state index contributed by atoms with van der Waals surface area (Å²) < 4.78 is 5.62. The predicted molar refractivity (Wildman–Crippen MR) is 111 cm³/mol. The quantitative estimate of drug-likeness (QED) is 0.831. The maximum Gasteiger partial charge on any atom is 0.410 e. The molecule has 2 atom stereocenters. The van der Waals surface area contributed by atoms with E-state index in [0.717, 1.165) is 28.8 Å². The number of hydrogen-bond acceptors (Lipinski definition) is 4. The van der Waals surface area contributed by atoms with Gasteiger partial charge >= 0.3 is 6.09 Å². The Bertz CT molecular complexity index is 882. The molecule has 150 valence electrons. The topological polar surface area (TPSA) is 65.6 Å². The Labute approximate surface area is 169 Å². The van der Waals surface area contributed by atoms with Crippen molar-refractivity contribution in [3.05, 3.63) is 36.0 Å². The number of carbonyl (C=O) groups excluding carboxylic acids is 2. The molecule has 4 rings (SSSR count). The van der Waals surface area contributed by atoms with Crippen molar-refractivity contribution in [2.24, 2.45) is 0 Å². The number of rotatable bonds is 2. The fourth-order valence-electron chi connectivity index (χ4n) is 4.05. The van der Waals surface area contributed by atoms with Gasteiger partial charge in [0, 0.05) is 41.9 Å². The van der Waals surface area contributed by atoms with E-state index in [-0.39, 0.29) is 11.8 Å². The van der Waals surface area contributed by atoms with Crippen LogP contribution in [0.15, 0.2) is 30.5 Å². The van der Waals surface area contributed by atoms with E-state index in [1.807, 2.05) is 50.1 Å². The molecule has 2 aromatic rings. The number of carbonyl (C=O) groups is 2. The first kappa shape index (κ1) is 19.2. The number of ether oxygens (including phenoxy) is 1. The van der Waals surface area contributed by atoms with Crippen LogP contribution < -0.4 is 0 Å². The van der Waals surface area contributed by atoms with Crippen molar-refractivity contribution in [1.82, 2.24) is 14.8 Å². The van der Waals surface area contributed by atoms with Crippen LogP contribution in [0, 0.1) is 0 Å². The second-order valence-corrected chi connectivity index (χ2v) is 9.58. The molecule has 1 aromatic heterocycles. The van der Waals surface area contributed by atoms with Gasteiger partial charge in [-0.3, -0.25) is 9.69 Å². The number of para-hydroxylation sites is 1. The zero-order chi connectivity index (χ0) is 19.9. The van der Waals surface area contributed by atoms with Gasteiger partial charge in [0.05, 0.1) is 5.88 Å². The lowest BCUT2D eigenvalue weighted by Gasteiger charge is -2.29. The number of likely N-dealkylation sites (tertiary alicyclic amines) is 1. The monoisotopic (exact) mass is 401 g/mol. The molecular weight excluding hydrogens is 374 g/mol. The van der Waals surface area contributed by atoms with Crippen molar-refractivity contribution in [2.75, 3.05) is 24.7 Å². The van der Waals surface area contributed by atoms with E-state index in [2.05, 4.69) is 11.1 Å². The van der Waals surface area contributed by atoms with Crippen LogP contribution in [0.3, 0.4) is 0 Å². The summed E-state index contributed by atoms with van der Waals surface area (Å²) in [6.07, 6.45) is 2.24. The SMILES string of the molecule is CC(C)(C)OC(=O)N1C[C@H](c2c[nH]c3ccccc23)C[C@H]1C(=O)N1CCSC1. The highest BCUT2D eigenvalue weighted by molar-refractivity contribution is 7.99. The lowest BCUT2D eigenvalue weighted by atomic mass is 9.95. The molecular formula is C21H27N3O3S. The Hall–Kier alpha value is -2.15. The Morgan fingerprint density at radius 2 is 2.04 bits per heavy atom. The first-order valence-corrected chi connectivity index (χ1v) is 10.9. The van der Waals surface area contributed by atoms with Crippen LogP contribution in [0.2, 0.25) is 0 Å². The van der Waals surface area contributed by atoms with E-state index in [9.17, 15) is 9.59 Å². The zero-order valence-corrected chi connectivity index (χ0v) is 17.4. The highest BCUT2D eigenvalue weighted by Crippen LogP contribution is 2.37. The Balaban J connectivity index is 1.62. The number of aromatic amines is 1. The summed E-state index contributed by atoms with van der Waals surface area (Å²) in [7, 11) is 0. The van der Waals surface area contributed by atoms with E-state index in [4.69, 9.17) is 4.74 Å². The fraction of sp³-hybridized carbons (Fsp3) is 0.524. The van der Waals surface area contributed by atoms with Crippen molar-refractivity contribution in [1.29, 1.82) is 0 Å². The van der Waals surface area contributed by atoms with Crippen molar-refractivity contribution < 1.29 is 14.3 Å². The second kappa shape index (κ2) is 7.35. The molecule has 28 heavy (non-hydrogen) atoms. The molecule has 0 saturated carbocycles. The average molecular weight is 402 g/mol. The molecule has 1 N–H and O–H groups in total. The number of hydrogen-bond donors (Lipinski definition) is 1. The number of amides is 2. The average Bonchev–Trinajstić information content (AvgIpc) is 3.37. The molecule has 6 nitrogen and oxygen atoms in total. The Morgan fingerprint density at radius 1 is 1.25 bits per heavy atom. The van der Waals surface area contributed by atoms with E-state index in [0.29, 0.717) is 18.8 Å². The van der Waals surface area contributed by atoms with E-state index < -0.39 is 17.7 Å². The van der Waals surface area contributed by atoms with Gasteiger partial charge in [0.1, 0.15) is 11.6 Å². The summed E-state index contributed by atoms with van der Waals surface area (Å²) in [5.41, 5.74) is 1.65. The molecule has 2 amide bonds. The number of fused-ring (bicyclic) bond motifs is 1. The standard InChI is InChI=1S/C21H27N3O3S/c1-21(2,3)27-20(26)24-12-14(10-18(24)19(25)23-8-9-28-13-23)16-11-22-17-7-5-4-6-15(16)17/h4-7,11,14,18,22H,8-10,12-13H2,1-3H3/t14-,18+/m1/s1. The lowest BCUT2D eigenvalue weighted by Crippen LogP contribution is -2.48. The first-order valence-electron chi connectivity index (χ1n) is 9.75. The van der Waals surface area contributed by atoms with Crippen molar-refractivity contribution >= 4 is 34.7 Å². The molecule has 2 aliphatic heterocycles. The zero-order valence-electron chi connectivity index (χ0n) is 16.6. The van der Waals surface area contributed by atoms with Crippen molar-refractivity contribution in [3.63, 3.8) is 0 Å². The van der Waals surface area contributed by atoms with Crippen LogP contribution in [0.5, 0.6) is 0 Å². The molecule has 0 unspecified atom stereocenters. The normalized spacial score (nSPS) is 22.8. The summed E-state index contributed by atoms with van der Waals surface area (Å²) in [4.78, 5) is 32.9. The highest BCUT2D eigenvalue weighted by Gasteiger charge is 2.44.